The first kappa shape index (κ1) is 29.6. The molecule has 0 radical (unpaired) electrons. The van der Waals surface area contributed by atoms with Crippen LogP contribution in [0.3, 0.4) is 0 Å². The minimum Gasteiger partial charge on any atom is -0.0984 e. The lowest BCUT2D eigenvalue weighted by Gasteiger charge is -2.18. The van der Waals surface area contributed by atoms with Gasteiger partial charge in [0.05, 0.1) is 0 Å². The van der Waals surface area contributed by atoms with Crippen LogP contribution in [0.25, 0.3) is 99.7 Å². The zero-order valence-electron chi connectivity index (χ0n) is 27.7. The summed E-state index contributed by atoms with van der Waals surface area (Å²) < 4.78 is 0. The molecule has 0 aromatic heterocycles. The number of hydrogen-bond acceptors (Lipinski definition) is 0. The standard InChI is InChI=1S/C50H34/c1-3-33-15-13-23-40(39(33)4-2)34-24-28-36(29-25-34)49-44-19-9-11-21-46(44)50(47-22-12-10-20-45(47)49)37-30-26-35(27-31-37)48-32-38-14-5-6-16-41(38)42-17-7-8-18-43(42)48/h3-32H,1-2H2. The lowest BCUT2D eigenvalue weighted by atomic mass is 9.85. The third kappa shape index (κ3) is 4.77. The highest BCUT2D eigenvalue weighted by Gasteiger charge is 2.17. The van der Waals surface area contributed by atoms with Gasteiger partial charge in [0.15, 0.2) is 0 Å². The van der Waals surface area contributed by atoms with E-state index in [0.717, 1.165) is 22.3 Å². The molecular formula is C50H34. The smallest absolute Gasteiger partial charge is 0.00264 e. The molecule has 9 rings (SSSR count). The van der Waals surface area contributed by atoms with Gasteiger partial charge in [-0.1, -0.05) is 189 Å². The van der Waals surface area contributed by atoms with Gasteiger partial charge in [-0.15, -0.1) is 0 Å². The molecule has 0 bridgehead atoms. The molecule has 0 aliphatic rings. The van der Waals surface area contributed by atoms with Gasteiger partial charge in [-0.05, 0) is 105 Å². The minimum atomic E-state index is 1.09. The molecule has 0 amide bonds. The lowest BCUT2D eigenvalue weighted by molar-refractivity contribution is 1.56. The molecule has 0 spiro atoms. The Morgan fingerprint density at radius 1 is 0.320 bits per heavy atom. The molecule has 9 aromatic carbocycles. The monoisotopic (exact) mass is 634 g/mol. The van der Waals surface area contributed by atoms with Crippen LogP contribution in [0, 0.1) is 0 Å². The Bertz CT molecular complexity index is 2700. The fourth-order valence-corrected chi connectivity index (χ4v) is 7.92. The summed E-state index contributed by atoms with van der Waals surface area (Å²) >= 11 is 0. The maximum atomic E-state index is 4.09. The third-order valence-corrected chi connectivity index (χ3v) is 10.2. The predicted molar refractivity (Wildman–Crippen MR) is 218 cm³/mol. The van der Waals surface area contributed by atoms with Gasteiger partial charge in [0.2, 0.25) is 0 Å². The molecule has 0 fully saturated rings. The summed E-state index contributed by atoms with van der Waals surface area (Å²) in [4.78, 5) is 0. The van der Waals surface area contributed by atoms with Crippen LogP contribution in [0.5, 0.6) is 0 Å². The highest BCUT2D eigenvalue weighted by Crippen LogP contribution is 2.45. The van der Waals surface area contributed by atoms with E-state index < -0.39 is 0 Å². The molecule has 0 heterocycles. The quantitative estimate of drug-likeness (QED) is 0.126. The topological polar surface area (TPSA) is 0 Å². The van der Waals surface area contributed by atoms with Crippen molar-refractivity contribution in [3.05, 3.63) is 194 Å². The van der Waals surface area contributed by atoms with Crippen molar-refractivity contribution in [3.8, 4) is 44.5 Å². The second-order valence-corrected chi connectivity index (χ2v) is 12.9. The van der Waals surface area contributed by atoms with Gasteiger partial charge in [0, 0.05) is 0 Å². The second-order valence-electron chi connectivity index (χ2n) is 12.9. The zero-order chi connectivity index (χ0) is 33.6. The van der Waals surface area contributed by atoms with E-state index in [1.165, 1.54) is 76.5 Å². The van der Waals surface area contributed by atoms with Crippen LogP contribution >= 0.6 is 0 Å². The maximum Gasteiger partial charge on any atom is -0.00264 e. The summed E-state index contributed by atoms with van der Waals surface area (Å²) in [5.74, 6) is 0. The maximum absolute atomic E-state index is 4.09. The van der Waals surface area contributed by atoms with Crippen LogP contribution in [-0.4, -0.2) is 0 Å². The van der Waals surface area contributed by atoms with Gasteiger partial charge in [-0.25, -0.2) is 0 Å². The molecule has 0 saturated carbocycles. The van der Waals surface area contributed by atoms with Crippen molar-refractivity contribution in [2.45, 2.75) is 0 Å². The molecule has 0 atom stereocenters. The van der Waals surface area contributed by atoms with E-state index in [1.807, 2.05) is 12.2 Å². The molecular weight excluding hydrogens is 601 g/mol. The van der Waals surface area contributed by atoms with Crippen LogP contribution < -0.4 is 0 Å². The summed E-state index contributed by atoms with van der Waals surface area (Å²) in [6.07, 6.45) is 3.82. The minimum absolute atomic E-state index is 1.09. The molecule has 234 valence electrons. The van der Waals surface area contributed by atoms with Gasteiger partial charge in [0.25, 0.3) is 0 Å². The molecule has 50 heavy (non-hydrogen) atoms. The number of benzene rings is 9. The van der Waals surface area contributed by atoms with E-state index in [2.05, 4.69) is 183 Å². The Balaban J connectivity index is 1.19. The summed E-state index contributed by atoms with van der Waals surface area (Å²) in [7, 11) is 0. The predicted octanol–water partition coefficient (Wildman–Crippen LogP) is 14.3. The normalized spacial score (nSPS) is 11.4. The largest absolute Gasteiger partial charge is 0.0984 e. The van der Waals surface area contributed by atoms with Crippen LogP contribution in [0.15, 0.2) is 183 Å². The van der Waals surface area contributed by atoms with Crippen LogP contribution in [-0.2, 0) is 0 Å². The first-order chi connectivity index (χ1) is 24.7. The van der Waals surface area contributed by atoms with Crippen molar-refractivity contribution >= 4 is 55.2 Å². The van der Waals surface area contributed by atoms with E-state index in [-0.39, 0.29) is 0 Å². The summed E-state index contributed by atoms with van der Waals surface area (Å²) in [6, 6.07) is 62.0. The highest BCUT2D eigenvalue weighted by atomic mass is 14.2. The van der Waals surface area contributed by atoms with Gasteiger partial charge < -0.3 is 0 Å². The Labute approximate surface area is 292 Å². The highest BCUT2D eigenvalue weighted by molar-refractivity contribution is 6.21. The van der Waals surface area contributed by atoms with E-state index >= 15 is 0 Å². The molecule has 0 unspecified atom stereocenters. The van der Waals surface area contributed by atoms with Crippen molar-refractivity contribution in [2.75, 3.05) is 0 Å². The second kappa shape index (κ2) is 12.2. The van der Waals surface area contributed by atoms with Gasteiger partial charge in [-0.3, -0.25) is 0 Å². The number of rotatable bonds is 6. The molecule has 0 nitrogen and oxygen atoms in total. The average molecular weight is 635 g/mol. The molecule has 0 heteroatoms. The first-order valence-electron chi connectivity index (χ1n) is 17.2. The third-order valence-electron chi connectivity index (χ3n) is 10.2. The molecule has 0 aliphatic heterocycles. The van der Waals surface area contributed by atoms with E-state index in [4.69, 9.17) is 0 Å². The zero-order valence-corrected chi connectivity index (χ0v) is 27.7. The SMILES string of the molecule is C=Cc1cccc(-c2ccc(-c3c4ccccc4c(-c4ccc(-c5cc6ccccc6c6ccccc56)cc4)c4ccccc34)cc2)c1C=C. The first-order valence-corrected chi connectivity index (χ1v) is 17.2. The van der Waals surface area contributed by atoms with Crippen molar-refractivity contribution in [1.29, 1.82) is 0 Å². The summed E-state index contributed by atoms with van der Waals surface area (Å²) in [5, 5.41) is 10.1. The molecule has 0 aliphatic carbocycles. The Hall–Kier alpha value is -6.50. The fourth-order valence-electron chi connectivity index (χ4n) is 7.92. The lowest BCUT2D eigenvalue weighted by Crippen LogP contribution is -1.92. The molecule has 9 aromatic rings. The van der Waals surface area contributed by atoms with Gasteiger partial charge >= 0.3 is 0 Å². The van der Waals surface area contributed by atoms with E-state index in [9.17, 15) is 0 Å². The van der Waals surface area contributed by atoms with Crippen molar-refractivity contribution in [3.63, 3.8) is 0 Å². The van der Waals surface area contributed by atoms with E-state index in [1.54, 1.807) is 0 Å². The van der Waals surface area contributed by atoms with Crippen LogP contribution in [0.2, 0.25) is 0 Å². The van der Waals surface area contributed by atoms with Crippen molar-refractivity contribution < 1.29 is 0 Å². The summed E-state index contributed by atoms with van der Waals surface area (Å²) in [5.41, 5.74) is 11.9. The van der Waals surface area contributed by atoms with Crippen LogP contribution in [0.4, 0.5) is 0 Å². The molecule has 0 N–H and O–H groups in total. The van der Waals surface area contributed by atoms with Crippen molar-refractivity contribution in [2.24, 2.45) is 0 Å². The Morgan fingerprint density at radius 3 is 1.28 bits per heavy atom. The summed E-state index contributed by atoms with van der Waals surface area (Å²) in [6.45, 7) is 8.09. The van der Waals surface area contributed by atoms with Crippen molar-refractivity contribution in [1.82, 2.24) is 0 Å². The fraction of sp³-hybridized carbons (Fsp3) is 0. The average Bonchev–Trinajstić information content (AvgIpc) is 3.19. The van der Waals surface area contributed by atoms with Gasteiger partial charge in [0.1, 0.15) is 0 Å². The Kier molecular flexibility index (Phi) is 7.22. The van der Waals surface area contributed by atoms with Gasteiger partial charge in [-0.2, -0.15) is 0 Å². The van der Waals surface area contributed by atoms with E-state index in [0.29, 0.717) is 0 Å². The number of hydrogen-bond donors (Lipinski definition) is 0. The number of fused-ring (bicyclic) bond motifs is 5. The van der Waals surface area contributed by atoms with Crippen LogP contribution in [0.1, 0.15) is 11.1 Å². The molecule has 0 saturated heterocycles. The Morgan fingerprint density at radius 2 is 0.760 bits per heavy atom.